The Morgan fingerprint density at radius 2 is 1.95 bits per heavy atom. The predicted molar refractivity (Wildman–Crippen MR) is 147 cm³/mol. The summed E-state index contributed by atoms with van der Waals surface area (Å²) in [6, 6.07) is 7.89. The maximum absolute atomic E-state index is 13.7. The second kappa shape index (κ2) is 11.2. The van der Waals surface area contributed by atoms with Crippen LogP contribution in [0.5, 0.6) is 0 Å². The predicted octanol–water partition coefficient (Wildman–Crippen LogP) is 5.43. The van der Waals surface area contributed by atoms with E-state index >= 15 is 0 Å². The number of nitrogens with zero attached hydrogens (tertiary/aromatic N) is 6. The Morgan fingerprint density at radius 1 is 1.20 bits per heavy atom. The highest BCUT2D eigenvalue weighted by molar-refractivity contribution is 9.10. The second-order valence-corrected chi connectivity index (χ2v) is 11.0. The molecule has 1 atom stereocenters. The quantitative estimate of drug-likeness (QED) is 0.262. The third-order valence-electron chi connectivity index (χ3n) is 6.53. The van der Waals surface area contributed by atoms with Crippen LogP contribution in [0.2, 0.25) is 5.02 Å². The number of carbonyl (C=O) groups excluding carboxylic acids is 2. The Hall–Kier alpha value is -3.78. The average molecular weight is 652 g/mol. The third kappa shape index (κ3) is 6.43. The van der Waals surface area contributed by atoms with Gasteiger partial charge in [-0.15, -0.1) is 5.10 Å². The lowest BCUT2D eigenvalue weighted by molar-refractivity contribution is -0.141. The topological polar surface area (TPSA) is 120 Å². The van der Waals surface area contributed by atoms with E-state index in [1.54, 1.807) is 31.2 Å². The van der Waals surface area contributed by atoms with Crippen LogP contribution in [0.15, 0.2) is 47.2 Å². The van der Waals surface area contributed by atoms with Crippen molar-refractivity contribution in [1.82, 2.24) is 35.1 Å². The fourth-order valence-electron chi connectivity index (χ4n) is 4.28. The number of nitrogens with one attached hydrogen (secondary N) is 2. The second-order valence-electron chi connectivity index (χ2n) is 9.70. The van der Waals surface area contributed by atoms with Crippen LogP contribution in [0.3, 0.4) is 0 Å². The highest BCUT2D eigenvalue weighted by Gasteiger charge is 2.34. The summed E-state index contributed by atoms with van der Waals surface area (Å²) in [5, 5.41) is 17.5. The number of amides is 2. The first kappa shape index (κ1) is 28.7. The Bertz CT molecular complexity index is 1630. The molecule has 0 bridgehead atoms. The first-order chi connectivity index (χ1) is 19.4. The minimum atomic E-state index is -4.66. The van der Waals surface area contributed by atoms with Gasteiger partial charge in [0.05, 0.1) is 28.2 Å². The van der Waals surface area contributed by atoms with Crippen molar-refractivity contribution in [3.8, 4) is 5.82 Å². The van der Waals surface area contributed by atoms with E-state index in [1.807, 2.05) is 6.92 Å². The molecule has 1 aromatic carbocycles. The zero-order valence-corrected chi connectivity index (χ0v) is 24.0. The summed E-state index contributed by atoms with van der Waals surface area (Å²) in [5.74, 6) is -0.433. The molecule has 1 saturated carbocycles. The van der Waals surface area contributed by atoms with Crippen molar-refractivity contribution in [2.75, 3.05) is 5.32 Å². The van der Waals surface area contributed by atoms with Gasteiger partial charge in [0.15, 0.2) is 11.5 Å². The van der Waals surface area contributed by atoms with Gasteiger partial charge in [-0.05, 0) is 68.5 Å². The lowest BCUT2D eigenvalue weighted by Crippen LogP contribution is -2.34. The van der Waals surface area contributed by atoms with Crippen molar-refractivity contribution in [1.29, 1.82) is 0 Å². The monoisotopic (exact) mass is 650 g/mol. The molecule has 15 heteroatoms. The van der Waals surface area contributed by atoms with E-state index in [4.69, 9.17) is 11.6 Å². The lowest BCUT2D eigenvalue weighted by atomic mass is 10.1. The summed E-state index contributed by atoms with van der Waals surface area (Å²) < 4.78 is 40.9. The first-order valence-electron chi connectivity index (χ1n) is 12.5. The summed E-state index contributed by atoms with van der Waals surface area (Å²) in [4.78, 5) is 32.0. The fourth-order valence-corrected chi connectivity index (χ4v) is 5.05. The molecule has 214 valence electrons. The fraction of sp³-hybridized carbons (Fsp3) is 0.308. The van der Waals surface area contributed by atoms with Crippen molar-refractivity contribution < 1.29 is 22.8 Å². The van der Waals surface area contributed by atoms with Crippen LogP contribution >= 0.6 is 27.5 Å². The zero-order chi connectivity index (χ0) is 29.5. The van der Waals surface area contributed by atoms with Gasteiger partial charge in [0.25, 0.3) is 11.8 Å². The first-order valence-corrected chi connectivity index (χ1v) is 13.7. The van der Waals surface area contributed by atoms with E-state index in [0.29, 0.717) is 27.8 Å². The summed E-state index contributed by atoms with van der Waals surface area (Å²) in [7, 11) is 0. The van der Waals surface area contributed by atoms with Gasteiger partial charge in [-0.3, -0.25) is 9.59 Å². The molecule has 2 N–H and O–H groups in total. The smallest absolute Gasteiger partial charge is 0.349 e. The van der Waals surface area contributed by atoms with Crippen LogP contribution in [0, 0.1) is 12.8 Å². The number of hydrogen-bond donors (Lipinski definition) is 2. The molecular formula is C26H23BrClF3N8O2. The number of alkyl halides is 3. The molecule has 3 aromatic heterocycles. The van der Waals surface area contributed by atoms with Gasteiger partial charge in [0.2, 0.25) is 0 Å². The van der Waals surface area contributed by atoms with E-state index < -0.39 is 17.8 Å². The average Bonchev–Trinajstić information content (AvgIpc) is 3.51. The Morgan fingerprint density at radius 3 is 2.61 bits per heavy atom. The standard InChI is InChI=1S/C26H23BrClF3N8O2/c1-13-8-16(27)9-18(24(40)34-14(2)15-5-6-15)22(13)35-25(41)20-10-17(12-38-33-11-21(37-38)26(29,30)31)36-39(20)23-19(28)4-3-7-32-23/h3-4,7-11,14-15H,5-6,12H2,1-2H3,(H,34,40)(H,35,41). The molecule has 10 nitrogen and oxygen atoms in total. The number of hydrogen-bond acceptors (Lipinski definition) is 6. The number of rotatable bonds is 8. The van der Waals surface area contributed by atoms with Crippen molar-refractivity contribution in [2.24, 2.45) is 5.92 Å². The summed E-state index contributed by atoms with van der Waals surface area (Å²) in [6.45, 7) is 3.43. The molecule has 0 spiro atoms. The molecule has 1 aliphatic rings. The summed E-state index contributed by atoms with van der Waals surface area (Å²) >= 11 is 9.76. The van der Waals surface area contributed by atoms with Crippen LogP contribution in [0.1, 0.15) is 57.6 Å². The van der Waals surface area contributed by atoms with Gasteiger partial charge in [-0.25, -0.2) is 9.67 Å². The van der Waals surface area contributed by atoms with Crippen molar-refractivity contribution in [3.05, 3.63) is 80.4 Å². The Labute approximate surface area is 245 Å². The number of aromatic nitrogens is 6. The number of pyridine rings is 1. The summed E-state index contributed by atoms with van der Waals surface area (Å²) in [5.41, 5.74) is 0.174. The normalized spacial score (nSPS) is 14.1. The minimum absolute atomic E-state index is 0.0191. The molecule has 3 heterocycles. The number of aryl methyl sites for hydroxylation is 1. The van der Waals surface area contributed by atoms with Crippen molar-refractivity contribution in [3.63, 3.8) is 0 Å². The Kier molecular flexibility index (Phi) is 7.88. The van der Waals surface area contributed by atoms with Crippen LogP contribution in [0.4, 0.5) is 18.9 Å². The molecule has 0 aliphatic heterocycles. The molecule has 41 heavy (non-hydrogen) atoms. The van der Waals surface area contributed by atoms with Crippen molar-refractivity contribution in [2.45, 2.75) is 45.5 Å². The van der Waals surface area contributed by atoms with E-state index in [1.165, 1.54) is 16.9 Å². The minimum Gasteiger partial charge on any atom is -0.349 e. The van der Waals surface area contributed by atoms with Crippen LogP contribution in [-0.4, -0.2) is 47.6 Å². The van der Waals surface area contributed by atoms with E-state index in [-0.39, 0.29) is 46.3 Å². The number of anilines is 1. The van der Waals surface area contributed by atoms with Gasteiger partial charge in [0, 0.05) is 16.7 Å². The van der Waals surface area contributed by atoms with Gasteiger partial charge < -0.3 is 10.6 Å². The number of benzene rings is 1. The van der Waals surface area contributed by atoms with Gasteiger partial charge in [-0.2, -0.15) is 28.2 Å². The van der Waals surface area contributed by atoms with Gasteiger partial charge >= 0.3 is 6.18 Å². The van der Waals surface area contributed by atoms with Crippen LogP contribution < -0.4 is 10.6 Å². The highest BCUT2D eigenvalue weighted by Crippen LogP contribution is 2.33. The molecule has 0 saturated heterocycles. The Balaban J connectivity index is 1.49. The number of halogens is 5. The molecule has 0 radical (unpaired) electrons. The van der Waals surface area contributed by atoms with Crippen LogP contribution in [-0.2, 0) is 12.7 Å². The maximum Gasteiger partial charge on any atom is 0.436 e. The van der Waals surface area contributed by atoms with E-state index in [0.717, 1.165) is 17.6 Å². The van der Waals surface area contributed by atoms with Gasteiger partial charge in [-0.1, -0.05) is 27.5 Å². The van der Waals surface area contributed by atoms with E-state index in [2.05, 4.69) is 46.8 Å². The molecule has 2 amide bonds. The van der Waals surface area contributed by atoms with E-state index in [9.17, 15) is 22.8 Å². The SMILES string of the molecule is Cc1cc(Br)cc(C(=O)NC(C)C2CC2)c1NC(=O)c1cc(Cn2ncc(C(F)(F)F)n2)nn1-c1ncccc1Cl. The third-order valence-corrected chi connectivity index (χ3v) is 7.29. The van der Waals surface area contributed by atoms with Crippen molar-refractivity contribution >= 4 is 45.0 Å². The maximum atomic E-state index is 13.7. The highest BCUT2D eigenvalue weighted by atomic mass is 79.9. The number of carbonyl (C=O) groups is 2. The molecule has 1 unspecified atom stereocenters. The molecular weight excluding hydrogens is 629 g/mol. The molecule has 4 aromatic rings. The molecule has 5 rings (SSSR count). The largest absolute Gasteiger partial charge is 0.436 e. The van der Waals surface area contributed by atoms with Crippen LogP contribution in [0.25, 0.3) is 5.82 Å². The molecule has 1 aliphatic carbocycles. The zero-order valence-electron chi connectivity index (χ0n) is 21.7. The summed E-state index contributed by atoms with van der Waals surface area (Å²) in [6.07, 6.45) is -0.495. The lowest BCUT2D eigenvalue weighted by Gasteiger charge is -2.18. The molecule has 1 fully saturated rings. The van der Waals surface area contributed by atoms with Gasteiger partial charge in [0.1, 0.15) is 12.2 Å².